The number of amides is 1. The Morgan fingerprint density at radius 1 is 1.52 bits per heavy atom. The number of carbonyl (C=O) groups excluding carboxylic acids is 1. The van der Waals surface area contributed by atoms with Crippen molar-refractivity contribution in [2.45, 2.75) is 31.7 Å². The van der Waals surface area contributed by atoms with Crippen molar-refractivity contribution < 1.29 is 19.2 Å². The first kappa shape index (κ1) is 15.4. The van der Waals surface area contributed by atoms with Gasteiger partial charge in [0.1, 0.15) is 0 Å². The number of hydrogen-bond acceptors (Lipinski definition) is 4. The number of halogens is 1. The van der Waals surface area contributed by atoms with Gasteiger partial charge < -0.3 is 10.0 Å². The molecule has 6 nitrogen and oxygen atoms in total. The lowest BCUT2D eigenvalue weighted by Gasteiger charge is -2.24. The number of nitrogens with zero attached hydrogens (tertiary/aromatic N) is 2. The Morgan fingerprint density at radius 2 is 2.29 bits per heavy atom. The number of rotatable bonds is 5. The largest absolute Gasteiger partial charge is 0.396 e. The van der Waals surface area contributed by atoms with E-state index >= 15 is 0 Å². The smallest absolute Gasteiger partial charge is 0.304 e. The lowest BCUT2D eigenvalue weighted by Crippen LogP contribution is -2.35. The maximum Gasteiger partial charge on any atom is 0.304 e. The molecule has 1 unspecified atom stereocenters. The van der Waals surface area contributed by atoms with Gasteiger partial charge in [0.05, 0.1) is 4.92 Å². The normalized spacial score (nSPS) is 18.0. The molecule has 1 aromatic carbocycles. The first-order valence-corrected chi connectivity index (χ1v) is 6.90. The third-order valence-electron chi connectivity index (χ3n) is 3.72. The zero-order chi connectivity index (χ0) is 15.4. The number of hydrogen-bond donors (Lipinski definition) is 1. The minimum Gasteiger partial charge on any atom is -0.396 e. The zero-order valence-corrected chi connectivity index (χ0v) is 11.5. The van der Waals surface area contributed by atoms with E-state index in [-0.39, 0.29) is 24.1 Å². The summed E-state index contributed by atoms with van der Waals surface area (Å²) < 4.78 is 13.6. The van der Waals surface area contributed by atoms with Crippen molar-refractivity contribution in [3.8, 4) is 0 Å². The average Bonchev–Trinajstić information content (AvgIpc) is 2.92. The average molecular weight is 296 g/mol. The van der Waals surface area contributed by atoms with Crippen LogP contribution in [0.25, 0.3) is 0 Å². The summed E-state index contributed by atoms with van der Waals surface area (Å²) >= 11 is 0. The van der Waals surface area contributed by atoms with E-state index in [0.717, 1.165) is 25.0 Å². The van der Waals surface area contributed by atoms with Crippen LogP contribution in [0.4, 0.5) is 10.1 Å². The summed E-state index contributed by atoms with van der Waals surface area (Å²) in [4.78, 5) is 23.8. The molecular weight excluding hydrogens is 279 g/mol. The van der Waals surface area contributed by atoms with E-state index in [9.17, 15) is 19.3 Å². The highest BCUT2D eigenvalue weighted by molar-refractivity contribution is 5.94. The van der Waals surface area contributed by atoms with E-state index in [2.05, 4.69) is 0 Å². The maximum atomic E-state index is 13.6. The van der Waals surface area contributed by atoms with Crippen LogP contribution in [0.5, 0.6) is 0 Å². The fraction of sp³-hybridized carbons (Fsp3) is 0.500. The highest BCUT2D eigenvalue weighted by Gasteiger charge is 2.29. The van der Waals surface area contributed by atoms with Crippen molar-refractivity contribution in [3.05, 3.63) is 39.7 Å². The predicted molar refractivity (Wildman–Crippen MR) is 73.4 cm³/mol. The molecule has 1 aliphatic rings. The third-order valence-corrected chi connectivity index (χ3v) is 3.72. The number of likely N-dealkylation sites (tertiary alicyclic amines) is 1. The lowest BCUT2D eigenvalue weighted by atomic mass is 10.1. The third kappa shape index (κ3) is 3.36. The molecule has 1 saturated heterocycles. The van der Waals surface area contributed by atoms with Gasteiger partial charge in [-0.25, -0.2) is 0 Å². The Labute approximate surface area is 121 Å². The second kappa shape index (κ2) is 6.62. The van der Waals surface area contributed by atoms with Crippen LogP contribution in [0.15, 0.2) is 18.2 Å². The molecule has 1 amide bonds. The molecule has 0 bridgehead atoms. The van der Waals surface area contributed by atoms with Gasteiger partial charge in [-0.1, -0.05) is 0 Å². The van der Waals surface area contributed by atoms with E-state index in [4.69, 9.17) is 5.11 Å². The molecule has 2 rings (SSSR count). The van der Waals surface area contributed by atoms with Crippen molar-refractivity contribution in [2.24, 2.45) is 0 Å². The van der Waals surface area contributed by atoms with Crippen LogP contribution in [0, 0.1) is 15.9 Å². The fourth-order valence-electron chi connectivity index (χ4n) is 2.68. The SMILES string of the molecule is O=C(c1ccc([N+](=O)[O-])c(F)c1)N1CCCC1CCCO. The second-order valence-electron chi connectivity index (χ2n) is 5.08. The van der Waals surface area contributed by atoms with Crippen LogP contribution in [-0.4, -0.2) is 40.0 Å². The molecule has 114 valence electrons. The van der Waals surface area contributed by atoms with Gasteiger partial charge in [-0.15, -0.1) is 0 Å². The Bertz CT molecular complexity index is 550. The van der Waals surface area contributed by atoms with Gasteiger partial charge in [0, 0.05) is 30.8 Å². The molecule has 1 atom stereocenters. The van der Waals surface area contributed by atoms with E-state index in [1.54, 1.807) is 4.90 Å². The molecule has 1 fully saturated rings. The van der Waals surface area contributed by atoms with Crippen LogP contribution in [0.3, 0.4) is 0 Å². The Hall–Kier alpha value is -2.02. The predicted octanol–water partition coefficient (Wildman–Crippen LogP) is 2.11. The zero-order valence-electron chi connectivity index (χ0n) is 11.5. The molecule has 1 aliphatic heterocycles. The molecule has 1 aromatic rings. The minimum absolute atomic E-state index is 0.0444. The first-order valence-electron chi connectivity index (χ1n) is 6.90. The van der Waals surface area contributed by atoms with Gasteiger partial charge in [0.2, 0.25) is 5.82 Å². The van der Waals surface area contributed by atoms with Crippen molar-refractivity contribution in [1.82, 2.24) is 4.90 Å². The van der Waals surface area contributed by atoms with Crippen molar-refractivity contribution in [2.75, 3.05) is 13.2 Å². The van der Waals surface area contributed by atoms with Crippen molar-refractivity contribution in [1.29, 1.82) is 0 Å². The van der Waals surface area contributed by atoms with Gasteiger partial charge >= 0.3 is 5.69 Å². The Morgan fingerprint density at radius 3 is 2.90 bits per heavy atom. The van der Waals surface area contributed by atoms with E-state index in [1.807, 2.05) is 0 Å². The monoisotopic (exact) mass is 296 g/mol. The summed E-state index contributed by atoms with van der Waals surface area (Å²) in [6.07, 6.45) is 3.05. The van der Waals surface area contributed by atoms with E-state index in [1.165, 1.54) is 6.07 Å². The van der Waals surface area contributed by atoms with Crippen molar-refractivity contribution in [3.63, 3.8) is 0 Å². The topological polar surface area (TPSA) is 83.7 Å². The molecule has 0 radical (unpaired) electrons. The summed E-state index contributed by atoms with van der Waals surface area (Å²) in [5.41, 5.74) is -0.515. The minimum atomic E-state index is -1.00. The molecule has 1 N–H and O–H groups in total. The summed E-state index contributed by atoms with van der Waals surface area (Å²) in [5, 5.41) is 19.4. The summed E-state index contributed by atoms with van der Waals surface area (Å²) in [6.45, 7) is 0.665. The van der Waals surface area contributed by atoms with Crippen LogP contribution in [-0.2, 0) is 0 Å². The van der Waals surface area contributed by atoms with Gasteiger partial charge in [-0.2, -0.15) is 4.39 Å². The number of carbonyl (C=O) groups is 1. The number of aliphatic hydroxyl groups excluding tert-OH is 1. The number of nitro groups is 1. The van der Waals surface area contributed by atoms with E-state index in [0.29, 0.717) is 19.4 Å². The van der Waals surface area contributed by atoms with Gasteiger partial charge in [0.25, 0.3) is 5.91 Å². The molecule has 7 heteroatoms. The maximum absolute atomic E-state index is 13.6. The van der Waals surface area contributed by atoms with Crippen LogP contribution >= 0.6 is 0 Å². The molecule has 0 spiro atoms. The van der Waals surface area contributed by atoms with E-state index < -0.39 is 16.4 Å². The number of nitro benzene ring substituents is 1. The molecule has 1 heterocycles. The van der Waals surface area contributed by atoms with Gasteiger partial charge in [-0.05, 0) is 37.8 Å². The number of benzene rings is 1. The standard InChI is InChI=1S/C14H17FN2O4/c15-12-9-10(5-6-13(12)17(20)21)14(19)16-7-1-3-11(16)4-2-8-18/h5-6,9,11,18H,1-4,7-8H2. The molecule has 0 aliphatic carbocycles. The molecule has 0 aromatic heterocycles. The molecular formula is C14H17FN2O4. The summed E-state index contributed by atoms with van der Waals surface area (Å²) in [7, 11) is 0. The van der Waals surface area contributed by atoms with Crippen molar-refractivity contribution >= 4 is 11.6 Å². The molecule has 0 saturated carbocycles. The van der Waals surface area contributed by atoms with Gasteiger partial charge in [0.15, 0.2) is 0 Å². The lowest BCUT2D eigenvalue weighted by molar-refractivity contribution is -0.387. The first-order chi connectivity index (χ1) is 10.0. The molecule has 21 heavy (non-hydrogen) atoms. The quantitative estimate of drug-likeness (QED) is 0.666. The summed E-state index contributed by atoms with van der Waals surface area (Å²) in [6, 6.07) is 3.26. The Kier molecular flexibility index (Phi) is 4.85. The Balaban J connectivity index is 2.15. The number of aliphatic hydroxyl groups is 1. The van der Waals surface area contributed by atoms with Crippen LogP contribution in [0.2, 0.25) is 0 Å². The van der Waals surface area contributed by atoms with Crippen LogP contribution < -0.4 is 0 Å². The summed E-state index contributed by atoms with van der Waals surface area (Å²) in [5.74, 6) is -1.32. The van der Waals surface area contributed by atoms with Crippen LogP contribution in [0.1, 0.15) is 36.0 Å². The second-order valence-corrected chi connectivity index (χ2v) is 5.08. The fourth-order valence-corrected chi connectivity index (χ4v) is 2.68. The highest BCUT2D eigenvalue weighted by Crippen LogP contribution is 2.25. The van der Waals surface area contributed by atoms with Gasteiger partial charge in [-0.3, -0.25) is 14.9 Å². The highest BCUT2D eigenvalue weighted by atomic mass is 19.1.